The standard InChI is InChI=1S/C17H19N5.H2O7.U/c1-17(2,18)11-21-16-14-5-8-20-10-13(14)9-15(22-16)12-3-6-19-7-4-12;1-3-5-7-6-4-2;/h3-10H,11,18H2,1-2H3,(H,21,22);1-2H;. The van der Waals surface area contributed by atoms with Gasteiger partial charge in [-0.05, 0) is 63.3 Å². The molecule has 5 N–H and O–H groups in total. The molecule has 160 valence electrons. The molecule has 0 unspecified atom stereocenters. The SMILES string of the molecule is CC(C)(N)CNc1nc(-c2ccncc2)cc2cnccc12.OOOOOOO.[U]. The number of aromatic nitrogens is 3. The van der Waals surface area contributed by atoms with Gasteiger partial charge in [-0.15, -0.1) is 0 Å². The van der Waals surface area contributed by atoms with Gasteiger partial charge in [0.05, 0.1) is 5.69 Å². The Hall–Kier alpha value is -1.76. The molecule has 0 radical (unpaired) electrons. The van der Waals surface area contributed by atoms with Crippen molar-refractivity contribution >= 4 is 16.6 Å². The fourth-order valence-electron chi connectivity index (χ4n) is 2.25. The molecule has 0 aliphatic heterocycles. The van der Waals surface area contributed by atoms with Crippen LogP contribution in [-0.4, -0.2) is 37.6 Å². The van der Waals surface area contributed by atoms with Crippen LogP contribution in [0.25, 0.3) is 22.0 Å². The molecule has 12 nitrogen and oxygen atoms in total. The first kappa shape index (κ1) is 26.3. The van der Waals surface area contributed by atoms with Crippen LogP contribution in [0.1, 0.15) is 13.8 Å². The summed E-state index contributed by atoms with van der Waals surface area (Å²) in [5.41, 5.74) is 7.67. The molecule has 13 heteroatoms. The Labute approximate surface area is 195 Å². The van der Waals surface area contributed by atoms with E-state index in [9.17, 15) is 0 Å². The van der Waals surface area contributed by atoms with Crippen LogP contribution < -0.4 is 11.1 Å². The maximum Gasteiger partial charge on any atom is 0.134 e. The third-order valence-electron chi connectivity index (χ3n) is 3.44. The number of nitrogens with two attached hydrogens (primary N) is 1. The van der Waals surface area contributed by atoms with E-state index in [2.05, 4.69) is 40.5 Å². The Morgan fingerprint density at radius 1 is 1.00 bits per heavy atom. The minimum absolute atomic E-state index is 0. The molecule has 3 heterocycles. The van der Waals surface area contributed by atoms with Crippen molar-refractivity contribution < 1.29 is 66.8 Å². The quantitative estimate of drug-likeness (QED) is 0.161. The molecule has 0 spiro atoms. The molecular formula is C17H21N5O7U. The molecule has 30 heavy (non-hydrogen) atoms. The third-order valence-corrected chi connectivity index (χ3v) is 3.44. The zero-order valence-electron chi connectivity index (χ0n) is 16.2. The zero-order chi connectivity index (χ0) is 21.1. The molecule has 0 fully saturated rings. The maximum absolute atomic E-state index is 7.23. The van der Waals surface area contributed by atoms with Gasteiger partial charge in [-0.2, -0.15) is 0 Å². The van der Waals surface area contributed by atoms with Crippen molar-refractivity contribution in [2.75, 3.05) is 11.9 Å². The van der Waals surface area contributed by atoms with E-state index >= 15 is 0 Å². The summed E-state index contributed by atoms with van der Waals surface area (Å²) >= 11 is 0. The smallest absolute Gasteiger partial charge is 0.134 e. The normalized spacial score (nSPS) is 10.7. The van der Waals surface area contributed by atoms with Crippen molar-refractivity contribution in [1.29, 1.82) is 0 Å². The van der Waals surface area contributed by atoms with Crippen molar-refractivity contribution in [3.8, 4) is 11.3 Å². The number of rotatable bonds is 8. The molecule has 0 aliphatic rings. The van der Waals surface area contributed by atoms with Crippen LogP contribution in [0.4, 0.5) is 5.82 Å². The fourth-order valence-corrected chi connectivity index (χ4v) is 2.25. The van der Waals surface area contributed by atoms with Crippen molar-refractivity contribution in [3.05, 3.63) is 49.1 Å². The molecule has 0 aromatic carbocycles. The minimum atomic E-state index is -0.312. The Kier molecular flexibility index (Phi) is 11.8. The van der Waals surface area contributed by atoms with Crippen molar-refractivity contribution in [2.45, 2.75) is 19.4 Å². The summed E-state index contributed by atoms with van der Waals surface area (Å²) in [6.45, 7) is 4.60. The van der Waals surface area contributed by atoms with E-state index in [0.29, 0.717) is 6.54 Å². The number of hydrogen-bond donors (Lipinski definition) is 4. The van der Waals surface area contributed by atoms with Gasteiger partial charge in [-0.25, -0.2) is 15.5 Å². The van der Waals surface area contributed by atoms with Crippen molar-refractivity contribution in [1.82, 2.24) is 15.0 Å². The first-order valence-corrected chi connectivity index (χ1v) is 8.24. The summed E-state index contributed by atoms with van der Waals surface area (Å²) in [6.07, 6.45) is 7.15. The van der Waals surface area contributed by atoms with Gasteiger partial charge in [-0.1, -0.05) is 0 Å². The van der Waals surface area contributed by atoms with Crippen LogP contribution in [0.5, 0.6) is 0 Å². The predicted octanol–water partition coefficient (Wildman–Crippen LogP) is 2.52. The van der Waals surface area contributed by atoms with Crippen LogP contribution in [-0.2, 0) is 25.2 Å². The summed E-state index contributed by atoms with van der Waals surface area (Å²) in [5.74, 6) is 0.824. The van der Waals surface area contributed by atoms with Gasteiger partial charge in [0.2, 0.25) is 0 Å². The van der Waals surface area contributed by atoms with Gasteiger partial charge < -0.3 is 11.1 Å². The molecular weight excluding hydrogens is 624 g/mol. The van der Waals surface area contributed by atoms with Crippen molar-refractivity contribution in [2.24, 2.45) is 5.73 Å². The summed E-state index contributed by atoms with van der Waals surface area (Å²) < 4.78 is 0. The summed E-state index contributed by atoms with van der Waals surface area (Å²) in [6, 6.07) is 7.89. The van der Waals surface area contributed by atoms with E-state index in [1.165, 1.54) is 0 Å². The fraction of sp³-hybridized carbons (Fsp3) is 0.235. The van der Waals surface area contributed by atoms with E-state index < -0.39 is 0 Å². The monoisotopic (exact) mass is 645 g/mol. The molecule has 0 atom stereocenters. The largest absolute Gasteiger partial charge is 0.368 e. The molecule has 0 aliphatic carbocycles. The minimum Gasteiger partial charge on any atom is -0.368 e. The molecule has 3 rings (SSSR count). The van der Waals surface area contributed by atoms with Crippen LogP contribution >= 0.6 is 0 Å². The van der Waals surface area contributed by atoms with Crippen LogP contribution in [0.15, 0.2) is 49.1 Å². The van der Waals surface area contributed by atoms with Gasteiger partial charge in [0, 0.05) is 84.3 Å². The van der Waals surface area contributed by atoms with Gasteiger partial charge in [-0.3, -0.25) is 9.97 Å². The zero-order valence-corrected chi connectivity index (χ0v) is 20.3. The first-order valence-electron chi connectivity index (χ1n) is 8.24. The molecule has 0 amide bonds. The first-order chi connectivity index (χ1) is 13.9. The number of nitrogens with zero attached hydrogens (tertiary/aromatic N) is 3. The van der Waals surface area contributed by atoms with Gasteiger partial charge in [0.15, 0.2) is 0 Å². The van der Waals surface area contributed by atoms with Crippen LogP contribution in [0, 0.1) is 31.1 Å². The predicted molar refractivity (Wildman–Crippen MR) is 100 cm³/mol. The second-order valence-corrected chi connectivity index (χ2v) is 6.38. The Morgan fingerprint density at radius 3 is 2.23 bits per heavy atom. The van der Waals surface area contributed by atoms with E-state index in [4.69, 9.17) is 21.2 Å². The number of hydrogen-bond acceptors (Lipinski definition) is 12. The van der Waals surface area contributed by atoms with E-state index in [0.717, 1.165) is 27.8 Å². The second kappa shape index (κ2) is 13.5. The van der Waals surface area contributed by atoms with Crippen molar-refractivity contribution in [3.63, 3.8) is 0 Å². The Morgan fingerprint density at radius 2 is 1.63 bits per heavy atom. The Balaban J connectivity index is 0.000000489. The number of nitrogens with one attached hydrogen (secondary N) is 1. The van der Waals surface area contributed by atoms with E-state index in [1.54, 1.807) is 18.6 Å². The average Bonchev–Trinajstić information content (AvgIpc) is 2.73. The van der Waals surface area contributed by atoms with E-state index in [1.807, 2.05) is 44.3 Å². The average molecular weight is 645 g/mol. The molecule has 3 aromatic heterocycles. The number of anilines is 1. The van der Waals surface area contributed by atoms with Crippen LogP contribution in [0.3, 0.4) is 0 Å². The summed E-state index contributed by atoms with van der Waals surface area (Å²) in [5, 5.41) is 34.9. The molecule has 0 saturated carbocycles. The van der Waals surface area contributed by atoms with Gasteiger partial charge >= 0.3 is 0 Å². The maximum atomic E-state index is 7.23. The molecule has 3 aromatic rings. The number of pyridine rings is 3. The van der Waals surface area contributed by atoms with Gasteiger partial charge in [0.1, 0.15) is 5.82 Å². The molecule has 0 saturated heterocycles. The third kappa shape index (κ3) is 8.94. The van der Waals surface area contributed by atoms with E-state index in [-0.39, 0.29) is 36.7 Å². The number of fused-ring (bicyclic) bond motifs is 1. The second-order valence-electron chi connectivity index (χ2n) is 6.38. The Bertz CT molecular complexity index is 879. The van der Waals surface area contributed by atoms with Crippen LogP contribution in [0.2, 0.25) is 0 Å². The summed E-state index contributed by atoms with van der Waals surface area (Å²) in [4.78, 5) is 13.0. The summed E-state index contributed by atoms with van der Waals surface area (Å²) in [7, 11) is 0. The topological polar surface area (TPSA) is 163 Å². The van der Waals surface area contributed by atoms with Gasteiger partial charge in [0.25, 0.3) is 0 Å². The molecule has 0 bridgehead atoms.